The molecule has 1 fully saturated rings. The minimum atomic E-state index is -5.76. The third kappa shape index (κ3) is 8.11. The van der Waals surface area contributed by atoms with Gasteiger partial charge in [0.1, 0.15) is 29.6 Å². The Balaban J connectivity index is 1.41. The zero-order chi connectivity index (χ0) is 30.9. The Labute approximate surface area is 241 Å². The molecule has 3 aromatic rings. The summed E-state index contributed by atoms with van der Waals surface area (Å²) >= 11 is 5.85. The van der Waals surface area contributed by atoms with Crippen LogP contribution in [0, 0.1) is 0 Å². The topological polar surface area (TPSA) is 277 Å². The molecule has 0 amide bonds. The summed E-state index contributed by atoms with van der Waals surface area (Å²) < 4.78 is 63.8. The van der Waals surface area contributed by atoms with Gasteiger partial charge in [-0.15, -0.1) is 0 Å². The number of halogens is 1. The van der Waals surface area contributed by atoms with Crippen LogP contribution in [0.1, 0.15) is 19.6 Å². The largest absolute Gasteiger partial charge is 0.490 e. The Morgan fingerprint density at radius 1 is 1.21 bits per heavy atom. The lowest BCUT2D eigenvalue weighted by Crippen LogP contribution is -2.33. The molecule has 1 saturated heterocycles. The Bertz CT molecular complexity index is 1600. The number of nitrogens with one attached hydrogen (secondary N) is 1. The van der Waals surface area contributed by atoms with E-state index in [0.29, 0.717) is 0 Å². The molecule has 42 heavy (non-hydrogen) atoms. The molecule has 1 aliphatic heterocycles. The molecule has 2 aromatic heterocycles. The van der Waals surface area contributed by atoms with E-state index >= 15 is 0 Å². The van der Waals surface area contributed by atoms with Gasteiger partial charge in [-0.05, 0) is 30.7 Å². The van der Waals surface area contributed by atoms with E-state index in [1.807, 2.05) is 5.09 Å². The number of phosphoric ester groups is 1. The van der Waals surface area contributed by atoms with E-state index in [-0.39, 0.29) is 34.4 Å². The highest BCUT2D eigenvalue weighted by molar-refractivity contribution is 7.68. The molecular formula is C19H24ClN6O13P3. The molecule has 0 aliphatic carbocycles. The minimum Gasteiger partial charge on any atom is -0.480 e. The van der Waals surface area contributed by atoms with Crippen LogP contribution < -0.4 is 15.3 Å². The van der Waals surface area contributed by atoms with E-state index in [2.05, 4.69) is 23.6 Å². The summed E-state index contributed by atoms with van der Waals surface area (Å²) in [6, 6.07) is 5.38. The average molecular weight is 673 g/mol. The molecule has 4 rings (SSSR count). The second-order valence-electron chi connectivity index (χ2n) is 8.62. The molecule has 19 nitrogen and oxygen atoms in total. The van der Waals surface area contributed by atoms with Gasteiger partial charge in [0, 0.05) is 6.42 Å². The van der Waals surface area contributed by atoms with Gasteiger partial charge >= 0.3 is 29.4 Å². The van der Waals surface area contributed by atoms with Crippen molar-refractivity contribution in [1.29, 1.82) is 0 Å². The lowest BCUT2D eigenvalue weighted by atomic mass is 10.2. The maximum atomic E-state index is 13.2. The second kappa shape index (κ2) is 12.6. The summed E-state index contributed by atoms with van der Waals surface area (Å²) in [5, 5.41) is 21.3. The number of benzene rings is 1. The van der Waals surface area contributed by atoms with Crippen molar-refractivity contribution in [1.82, 2.24) is 24.6 Å². The zero-order valence-electron chi connectivity index (χ0n) is 21.2. The number of carboxylic acids is 1. The van der Waals surface area contributed by atoms with Crippen LogP contribution in [-0.4, -0.2) is 70.3 Å². The third-order valence-corrected chi connectivity index (χ3v) is 10.6. The van der Waals surface area contributed by atoms with Crippen molar-refractivity contribution >= 4 is 57.9 Å². The molecule has 0 saturated carbocycles. The van der Waals surface area contributed by atoms with E-state index in [1.54, 1.807) is 6.07 Å². The van der Waals surface area contributed by atoms with Gasteiger partial charge in [-0.3, -0.25) is 13.9 Å². The van der Waals surface area contributed by atoms with Gasteiger partial charge in [-0.25, -0.2) is 18.7 Å². The zero-order valence-corrected chi connectivity index (χ0v) is 24.7. The Morgan fingerprint density at radius 2 is 1.90 bits per heavy atom. The lowest BCUT2D eigenvalue weighted by Gasteiger charge is -2.24. The fourth-order valence-corrected chi connectivity index (χ4v) is 8.18. The second-order valence-corrected chi connectivity index (χ2v) is 13.8. The number of aromatic nitrogens is 4. The van der Waals surface area contributed by atoms with Crippen LogP contribution in [0.5, 0.6) is 5.75 Å². The number of phosphoric acid groups is 2. The number of hydrogen-bond acceptors (Lipinski definition) is 14. The number of para-hydroxylation sites is 1. The number of rotatable bonds is 13. The van der Waals surface area contributed by atoms with Crippen LogP contribution >= 0.6 is 35.0 Å². The minimum absolute atomic E-state index is 0.00234. The number of nitrogens with two attached hydrogens (primary N) is 1. The van der Waals surface area contributed by atoms with Crippen molar-refractivity contribution in [2.75, 3.05) is 12.3 Å². The smallest absolute Gasteiger partial charge is 0.480 e. The molecule has 7 N–H and O–H groups in total. The van der Waals surface area contributed by atoms with E-state index in [9.17, 15) is 33.4 Å². The van der Waals surface area contributed by atoms with Crippen molar-refractivity contribution in [3.63, 3.8) is 0 Å². The standard InChI is InChI=1S/C19H24ClN6O13P3/c1-10(18(28)29)25-40(30,37-11-5-3-2-4-6-11)38-42(33,34)39-41(31,32)35-8-13-12(27)7-14(36-13)26-9-22-15-16(21)23-19(20)24-17(15)26/h2-6,9-10,12-14,27H,7-8H2,1H3,(H,25,30)(H,28,29)(H,31,32)(H,33,34)(H2,21,23,24)/t10?,12-,13+,14+,40?/m0/s1. The number of aliphatic hydroxyl groups excluding tert-OH is 1. The highest BCUT2D eigenvalue weighted by atomic mass is 35.5. The average Bonchev–Trinajstić information content (AvgIpc) is 3.45. The third-order valence-electron chi connectivity index (χ3n) is 5.45. The van der Waals surface area contributed by atoms with Gasteiger partial charge in [0.15, 0.2) is 11.5 Å². The molecule has 0 radical (unpaired) electrons. The Morgan fingerprint density at radius 3 is 2.57 bits per heavy atom. The first-order valence-corrected chi connectivity index (χ1v) is 16.5. The van der Waals surface area contributed by atoms with Crippen molar-refractivity contribution in [3.8, 4) is 5.75 Å². The fraction of sp³-hybridized carbons (Fsp3) is 0.368. The molecule has 1 aromatic carbocycles. The van der Waals surface area contributed by atoms with Gasteiger partial charge in [0.2, 0.25) is 5.28 Å². The predicted octanol–water partition coefficient (Wildman–Crippen LogP) is 2.21. The number of nitrogen functional groups attached to an aromatic ring is 1. The highest BCUT2D eigenvalue weighted by Crippen LogP contribution is 2.67. The number of ether oxygens (including phenoxy) is 1. The fourth-order valence-electron chi connectivity index (χ4n) is 3.61. The number of carbonyl (C=O) groups is 1. The summed E-state index contributed by atoms with van der Waals surface area (Å²) in [6.45, 7) is 0.196. The van der Waals surface area contributed by atoms with Crippen molar-refractivity contribution < 1.29 is 60.9 Å². The van der Waals surface area contributed by atoms with Crippen LogP contribution in [0.4, 0.5) is 5.82 Å². The van der Waals surface area contributed by atoms with Crippen molar-refractivity contribution in [2.24, 2.45) is 0 Å². The van der Waals surface area contributed by atoms with Gasteiger partial charge in [-0.2, -0.15) is 23.7 Å². The Hall–Kier alpha value is -2.50. The number of nitrogens with zero attached hydrogens (tertiary/aromatic N) is 4. The molecule has 7 atom stereocenters. The van der Waals surface area contributed by atoms with Gasteiger partial charge in [0.05, 0.1) is 19.0 Å². The van der Waals surface area contributed by atoms with E-state index in [4.69, 9.17) is 36.2 Å². The molecule has 23 heteroatoms. The first-order valence-electron chi connectivity index (χ1n) is 11.6. The number of anilines is 1. The lowest BCUT2D eigenvalue weighted by molar-refractivity contribution is -0.138. The van der Waals surface area contributed by atoms with Crippen LogP contribution in [0.15, 0.2) is 36.7 Å². The van der Waals surface area contributed by atoms with Crippen LogP contribution in [0.2, 0.25) is 5.28 Å². The van der Waals surface area contributed by atoms with Crippen LogP contribution in [-0.2, 0) is 36.4 Å². The quantitative estimate of drug-likeness (QED) is 0.112. The summed E-state index contributed by atoms with van der Waals surface area (Å²) in [4.78, 5) is 43.3. The number of imidazole rings is 1. The number of aliphatic carboxylic acids is 1. The maximum Gasteiger partial charge on any atom is 0.490 e. The van der Waals surface area contributed by atoms with Crippen LogP contribution in [0.25, 0.3) is 11.2 Å². The normalized spacial score (nSPS) is 24.0. The summed E-state index contributed by atoms with van der Waals surface area (Å²) in [5.41, 5.74) is 6.18. The van der Waals surface area contributed by atoms with Gasteiger partial charge in [-0.1, -0.05) is 18.2 Å². The highest BCUT2D eigenvalue weighted by Gasteiger charge is 2.46. The first kappa shape index (κ1) is 32.4. The van der Waals surface area contributed by atoms with Crippen LogP contribution in [0.3, 0.4) is 0 Å². The summed E-state index contributed by atoms with van der Waals surface area (Å²) in [5.74, 6) is -1.70. The number of aliphatic hydroxyl groups is 1. The molecule has 0 bridgehead atoms. The van der Waals surface area contributed by atoms with Crippen molar-refractivity contribution in [2.45, 2.75) is 37.8 Å². The number of fused-ring (bicyclic) bond motifs is 1. The van der Waals surface area contributed by atoms with Gasteiger partial charge in [0.25, 0.3) is 0 Å². The molecule has 3 heterocycles. The molecule has 0 spiro atoms. The Kier molecular flexibility index (Phi) is 9.74. The molecular weight excluding hydrogens is 649 g/mol. The summed E-state index contributed by atoms with van der Waals surface area (Å²) in [7, 11) is -16.3. The van der Waals surface area contributed by atoms with E-state index in [0.717, 1.165) is 6.92 Å². The monoisotopic (exact) mass is 672 g/mol. The maximum absolute atomic E-state index is 13.2. The summed E-state index contributed by atoms with van der Waals surface area (Å²) in [6.07, 6.45) is -2.18. The van der Waals surface area contributed by atoms with E-state index in [1.165, 1.54) is 35.2 Å². The molecule has 1 aliphatic rings. The molecule has 230 valence electrons. The van der Waals surface area contributed by atoms with Crippen molar-refractivity contribution in [3.05, 3.63) is 41.9 Å². The van der Waals surface area contributed by atoms with E-state index < -0.39 is 60.4 Å². The van der Waals surface area contributed by atoms with Gasteiger partial charge < -0.3 is 35.0 Å². The predicted molar refractivity (Wildman–Crippen MR) is 142 cm³/mol. The molecule has 4 unspecified atom stereocenters. The number of hydrogen-bond donors (Lipinski definition) is 6. The number of carboxylic acid groups (broad SMARTS) is 1. The SMILES string of the molecule is CC(NP(=O)(Oc1ccccc1)OP(=O)(O)OP(=O)(O)OC[C@H]1O[C@@H](n2cnc3c(N)nc(Cl)nc32)C[C@@H]1O)C(=O)O. The first-order chi connectivity index (χ1) is 19.6.